The van der Waals surface area contributed by atoms with Gasteiger partial charge in [0.1, 0.15) is 17.6 Å². The van der Waals surface area contributed by atoms with E-state index in [-0.39, 0.29) is 24.4 Å². The number of halogens is 1. The van der Waals surface area contributed by atoms with Gasteiger partial charge in [0.15, 0.2) is 6.79 Å². The van der Waals surface area contributed by atoms with Gasteiger partial charge in [-0.2, -0.15) is 0 Å². The van der Waals surface area contributed by atoms with Gasteiger partial charge in [-0.1, -0.05) is 20.8 Å². The zero-order chi connectivity index (χ0) is 19.6. The van der Waals surface area contributed by atoms with E-state index in [1.165, 1.54) is 12.1 Å². The maximum atomic E-state index is 13.8. The Morgan fingerprint density at radius 3 is 2.85 bits per heavy atom. The molecule has 2 amide bonds. The summed E-state index contributed by atoms with van der Waals surface area (Å²) in [5.41, 5.74) is 0.881. The van der Waals surface area contributed by atoms with Crippen LogP contribution in [-0.2, 0) is 27.4 Å². The number of hydrogen-bond donors (Lipinski definition) is 1. The summed E-state index contributed by atoms with van der Waals surface area (Å²) in [5.74, 6) is 0.136. The molecule has 7 heteroatoms. The van der Waals surface area contributed by atoms with Crippen LogP contribution < -0.4 is 10.1 Å². The van der Waals surface area contributed by atoms with E-state index in [1.54, 1.807) is 4.90 Å². The molecule has 148 valence electrons. The number of hydrogen-bond acceptors (Lipinski definition) is 4. The lowest BCUT2D eigenvalue weighted by molar-refractivity contribution is -0.144. The largest absolute Gasteiger partial charge is 0.467 e. The van der Waals surface area contributed by atoms with Crippen molar-refractivity contribution in [1.82, 2.24) is 10.2 Å². The highest BCUT2D eigenvalue weighted by Gasteiger charge is 2.38. The Morgan fingerprint density at radius 2 is 2.11 bits per heavy atom. The van der Waals surface area contributed by atoms with Gasteiger partial charge in [0, 0.05) is 24.1 Å². The van der Waals surface area contributed by atoms with Crippen LogP contribution in [0.2, 0.25) is 0 Å². The number of carbonyl (C=O) groups is 2. The zero-order valence-electron chi connectivity index (χ0n) is 16.1. The van der Waals surface area contributed by atoms with Crippen molar-refractivity contribution in [2.45, 2.75) is 52.7 Å². The summed E-state index contributed by atoms with van der Waals surface area (Å²) in [4.78, 5) is 26.8. The highest BCUT2D eigenvalue weighted by molar-refractivity contribution is 5.90. The number of benzene rings is 1. The first-order valence-electron chi connectivity index (χ1n) is 9.38. The Balaban J connectivity index is 1.60. The van der Waals surface area contributed by atoms with Gasteiger partial charge < -0.3 is 19.7 Å². The molecule has 3 rings (SSSR count). The Hall–Kier alpha value is -2.15. The van der Waals surface area contributed by atoms with Crippen LogP contribution in [0.15, 0.2) is 12.1 Å². The average molecular weight is 378 g/mol. The van der Waals surface area contributed by atoms with Crippen molar-refractivity contribution in [3.05, 3.63) is 29.1 Å². The van der Waals surface area contributed by atoms with Crippen LogP contribution in [0.3, 0.4) is 0 Å². The van der Waals surface area contributed by atoms with Crippen molar-refractivity contribution in [2.24, 2.45) is 5.41 Å². The number of carbonyl (C=O) groups excluding carboxylic acids is 2. The molecule has 0 radical (unpaired) electrons. The molecule has 2 heterocycles. The molecule has 1 aromatic carbocycles. The second-order valence-electron chi connectivity index (χ2n) is 8.11. The standard InChI is InChI=1S/C20H27FN2O4/c1-20(2,3)19(25)23-8-4-5-16(23)18(24)22-7-6-13-9-15(21)10-14-11-26-12-27-17(13)14/h9-10,16H,4-8,11-12H2,1-3H3,(H,22,24). The Morgan fingerprint density at radius 1 is 1.33 bits per heavy atom. The van der Waals surface area contributed by atoms with Crippen molar-refractivity contribution in [2.75, 3.05) is 19.9 Å². The Bertz CT molecular complexity index is 729. The number of likely N-dealkylation sites (tertiary alicyclic amines) is 1. The molecule has 0 aromatic heterocycles. The maximum absolute atomic E-state index is 13.8. The molecule has 27 heavy (non-hydrogen) atoms. The molecule has 0 aliphatic carbocycles. The molecule has 1 N–H and O–H groups in total. The summed E-state index contributed by atoms with van der Waals surface area (Å²) < 4.78 is 24.5. The van der Waals surface area contributed by atoms with E-state index < -0.39 is 11.5 Å². The molecule has 0 spiro atoms. The van der Waals surface area contributed by atoms with E-state index in [0.29, 0.717) is 49.4 Å². The predicted molar refractivity (Wildman–Crippen MR) is 97.6 cm³/mol. The van der Waals surface area contributed by atoms with E-state index >= 15 is 0 Å². The summed E-state index contributed by atoms with van der Waals surface area (Å²) in [6, 6.07) is 2.41. The van der Waals surface area contributed by atoms with Crippen LogP contribution in [0.25, 0.3) is 0 Å². The number of amides is 2. The van der Waals surface area contributed by atoms with Gasteiger partial charge in [-0.3, -0.25) is 9.59 Å². The predicted octanol–water partition coefficient (Wildman–Crippen LogP) is 2.39. The highest BCUT2D eigenvalue weighted by Crippen LogP contribution is 2.30. The molecular formula is C20H27FN2O4. The molecule has 1 fully saturated rings. The number of rotatable bonds is 4. The molecule has 0 saturated carbocycles. The molecular weight excluding hydrogens is 351 g/mol. The summed E-state index contributed by atoms with van der Waals surface area (Å²) in [5, 5.41) is 2.89. The smallest absolute Gasteiger partial charge is 0.242 e. The van der Waals surface area contributed by atoms with E-state index in [2.05, 4.69) is 5.32 Å². The average Bonchev–Trinajstić information content (AvgIpc) is 3.09. The summed E-state index contributed by atoms with van der Waals surface area (Å²) >= 11 is 0. The molecule has 2 aliphatic rings. The first kappa shape index (κ1) is 19.6. The monoisotopic (exact) mass is 378 g/mol. The lowest BCUT2D eigenvalue weighted by Gasteiger charge is -2.30. The molecule has 0 bridgehead atoms. The minimum absolute atomic E-state index is 0.00671. The molecule has 1 saturated heterocycles. The topological polar surface area (TPSA) is 67.9 Å². The first-order valence-corrected chi connectivity index (χ1v) is 9.38. The second kappa shape index (κ2) is 7.84. The molecule has 1 atom stereocenters. The minimum atomic E-state index is -0.511. The quantitative estimate of drug-likeness (QED) is 0.874. The van der Waals surface area contributed by atoms with Gasteiger partial charge in [-0.25, -0.2) is 4.39 Å². The van der Waals surface area contributed by atoms with Crippen molar-refractivity contribution in [3.8, 4) is 5.75 Å². The van der Waals surface area contributed by atoms with E-state index in [1.807, 2.05) is 20.8 Å². The van der Waals surface area contributed by atoms with E-state index in [0.717, 1.165) is 6.42 Å². The van der Waals surface area contributed by atoms with Gasteiger partial charge in [-0.15, -0.1) is 0 Å². The third-order valence-electron chi connectivity index (χ3n) is 4.90. The van der Waals surface area contributed by atoms with Crippen molar-refractivity contribution in [3.63, 3.8) is 0 Å². The SMILES string of the molecule is CC(C)(C)C(=O)N1CCCC1C(=O)NCCc1cc(F)cc2c1OCOC2. The van der Waals surface area contributed by atoms with E-state index in [9.17, 15) is 14.0 Å². The fraction of sp³-hybridized carbons (Fsp3) is 0.600. The van der Waals surface area contributed by atoms with E-state index in [4.69, 9.17) is 9.47 Å². The summed E-state index contributed by atoms with van der Waals surface area (Å²) in [6.07, 6.45) is 1.94. The zero-order valence-corrected chi connectivity index (χ0v) is 16.1. The third kappa shape index (κ3) is 4.40. The fourth-order valence-corrected chi connectivity index (χ4v) is 3.59. The molecule has 6 nitrogen and oxygen atoms in total. The Labute approximate surface area is 159 Å². The summed E-state index contributed by atoms with van der Waals surface area (Å²) in [7, 11) is 0. The second-order valence-corrected chi connectivity index (χ2v) is 8.11. The number of nitrogens with zero attached hydrogens (tertiary/aromatic N) is 1. The van der Waals surface area contributed by atoms with Crippen molar-refractivity contribution < 1.29 is 23.5 Å². The number of fused-ring (bicyclic) bond motifs is 1. The maximum Gasteiger partial charge on any atom is 0.242 e. The van der Waals surface area contributed by atoms with Crippen LogP contribution >= 0.6 is 0 Å². The van der Waals surface area contributed by atoms with Crippen LogP contribution in [0.1, 0.15) is 44.7 Å². The lowest BCUT2D eigenvalue weighted by atomic mass is 9.94. The number of nitrogens with one attached hydrogen (secondary N) is 1. The van der Waals surface area contributed by atoms with Gasteiger partial charge in [-0.05, 0) is 37.0 Å². The van der Waals surface area contributed by atoms with Crippen molar-refractivity contribution in [1.29, 1.82) is 0 Å². The molecule has 2 aliphatic heterocycles. The van der Waals surface area contributed by atoms with Gasteiger partial charge in [0.05, 0.1) is 6.61 Å². The van der Waals surface area contributed by atoms with Gasteiger partial charge in [0.25, 0.3) is 0 Å². The van der Waals surface area contributed by atoms with Crippen molar-refractivity contribution >= 4 is 11.8 Å². The summed E-state index contributed by atoms with van der Waals surface area (Å²) in [6.45, 7) is 7.01. The highest BCUT2D eigenvalue weighted by atomic mass is 19.1. The minimum Gasteiger partial charge on any atom is -0.467 e. The number of ether oxygens (including phenoxy) is 2. The van der Waals surface area contributed by atoms with Gasteiger partial charge >= 0.3 is 0 Å². The van der Waals surface area contributed by atoms with Crippen LogP contribution in [0.5, 0.6) is 5.75 Å². The third-order valence-corrected chi connectivity index (χ3v) is 4.90. The molecule has 1 unspecified atom stereocenters. The van der Waals surface area contributed by atoms with Crippen LogP contribution in [0.4, 0.5) is 4.39 Å². The lowest BCUT2D eigenvalue weighted by Crippen LogP contribution is -2.49. The van der Waals surface area contributed by atoms with Gasteiger partial charge in [0.2, 0.25) is 11.8 Å². The van der Waals surface area contributed by atoms with Crippen LogP contribution in [-0.4, -0.2) is 42.6 Å². The molecule has 1 aromatic rings. The van der Waals surface area contributed by atoms with Crippen LogP contribution in [0, 0.1) is 11.2 Å². The fourth-order valence-electron chi connectivity index (χ4n) is 3.59. The first-order chi connectivity index (χ1) is 12.8. The Kier molecular flexibility index (Phi) is 5.69. The normalized spacial score (nSPS) is 19.4.